The number of piperazine rings is 1. The maximum atomic E-state index is 10.7. The summed E-state index contributed by atoms with van der Waals surface area (Å²) in [6.45, 7) is 2.68. The van der Waals surface area contributed by atoms with Gasteiger partial charge in [0.1, 0.15) is 0 Å². The summed E-state index contributed by atoms with van der Waals surface area (Å²) in [5, 5.41) is 17.6. The predicted octanol–water partition coefficient (Wildman–Crippen LogP) is 0.894. The van der Waals surface area contributed by atoms with Crippen LogP contribution in [0.1, 0.15) is 12.8 Å². The molecule has 0 aromatic heterocycles. The SMILES string of the molecule is N#CC1=C[C@H](N2CCN(C(=O)O)CC2)CC1. The van der Waals surface area contributed by atoms with Gasteiger partial charge in [-0.2, -0.15) is 5.26 Å². The van der Waals surface area contributed by atoms with Crippen molar-refractivity contribution in [1.82, 2.24) is 9.80 Å². The number of nitriles is 1. The first kappa shape index (κ1) is 11.0. The zero-order valence-electron chi connectivity index (χ0n) is 9.09. The summed E-state index contributed by atoms with van der Waals surface area (Å²) < 4.78 is 0. The Morgan fingerprint density at radius 2 is 2.12 bits per heavy atom. The van der Waals surface area contributed by atoms with Crippen LogP contribution in [0.25, 0.3) is 0 Å². The van der Waals surface area contributed by atoms with E-state index in [1.807, 2.05) is 6.08 Å². The lowest BCUT2D eigenvalue weighted by atomic mass is 10.2. The van der Waals surface area contributed by atoms with Gasteiger partial charge in [-0.3, -0.25) is 4.90 Å². The van der Waals surface area contributed by atoms with Gasteiger partial charge < -0.3 is 10.0 Å². The molecule has 1 heterocycles. The fourth-order valence-electron chi connectivity index (χ4n) is 2.33. The van der Waals surface area contributed by atoms with Gasteiger partial charge in [-0.05, 0) is 12.8 Å². The molecule has 0 saturated carbocycles. The Morgan fingerprint density at radius 1 is 1.44 bits per heavy atom. The Morgan fingerprint density at radius 3 is 2.62 bits per heavy atom. The average molecular weight is 221 g/mol. The van der Waals surface area contributed by atoms with Crippen LogP contribution in [0.5, 0.6) is 0 Å². The molecule has 0 unspecified atom stereocenters. The standard InChI is InChI=1S/C11H15N3O2/c12-8-9-1-2-10(7-9)13-3-5-14(6-4-13)11(15)16/h7,10H,1-6H2,(H,15,16)/t10-/m1/s1. The van der Waals surface area contributed by atoms with Crippen molar-refractivity contribution in [3.05, 3.63) is 11.6 Å². The van der Waals surface area contributed by atoms with Gasteiger partial charge in [-0.15, -0.1) is 0 Å². The van der Waals surface area contributed by atoms with Gasteiger partial charge in [0.05, 0.1) is 6.07 Å². The van der Waals surface area contributed by atoms with Crippen LogP contribution in [0.2, 0.25) is 0 Å². The summed E-state index contributed by atoms with van der Waals surface area (Å²) in [5.41, 5.74) is 0.866. The molecule has 1 fully saturated rings. The third-order valence-corrected chi connectivity index (χ3v) is 3.30. The van der Waals surface area contributed by atoms with Crippen molar-refractivity contribution in [3.63, 3.8) is 0 Å². The minimum Gasteiger partial charge on any atom is -0.465 e. The molecule has 86 valence electrons. The topological polar surface area (TPSA) is 67.6 Å². The van der Waals surface area contributed by atoms with E-state index in [2.05, 4.69) is 11.0 Å². The number of hydrogen-bond acceptors (Lipinski definition) is 3. The maximum Gasteiger partial charge on any atom is 0.407 e. The van der Waals surface area contributed by atoms with E-state index >= 15 is 0 Å². The Labute approximate surface area is 94.6 Å². The van der Waals surface area contributed by atoms with Gasteiger partial charge in [-0.1, -0.05) is 6.08 Å². The normalized spacial score (nSPS) is 26.3. The summed E-state index contributed by atoms with van der Waals surface area (Å²) in [6.07, 6.45) is 3.05. The summed E-state index contributed by atoms with van der Waals surface area (Å²) in [4.78, 5) is 14.4. The lowest BCUT2D eigenvalue weighted by molar-refractivity contribution is 0.0944. The molecule has 5 nitrogen and oxygen atoms in total. The summed E-state index contributed by atoms with van der Waals surface area (Å²) in [5.74, 6) is 0. The van der Waals surface area contributed by atoms with Crippen LogP contribution in [-0.2, 0) is 0 Å². The largest absolute Gasteiger partial charge is 0.465 e. The monoisotopic (exact) mass is 221 g/mol. The van der Waals surface area contributed by atoms with Crippen molar-refractivity contribution in [2.45, 2.75) is 18.9 Å². The number of allylic oxidation sites excluding steroid dienone is 1. The first-order chi connectivity index (χ1) is 7.70. The first-order valence-corrected chi connectivity index (χ1v) is 5.53. The van der Waals surface area contributed by atoms with Crippen molar-refractivity contribution in [2.75, 3.05) is 26.2 Å². The zero-order chi connectivity index (χ0) is 11.5. The van der Waals surface area contributed by atoms with Crippen molar-refractivity contribution in [1.29, 1.82) is 5.26 Å². The molecule has 0 bridgehead atoms. The fraction of sp³-hybridized carbons (Fsp3) is 0.636. The van der Waals surface area contributed by atoms with E-state index < -0.39 is 6.09 Å². The van der Waals surface area contributed by atoms with Crippen LogP contribution in [0.3, 0.4) is 0 Å². The lowest BCUT2D eigenvalue weighted by Gasteiger charge is -2.36. The number of amides is 1. The molecule has 1 saturated heterocycles. The molecule has 16 heavy (non-hydrogen) atoms. The van der Waals surface area contributed by atoms with Crippen molar-refractivity contribution in [3.8, 4) is 6.07 Å². The van der Waals surface area contributed by atoms with Gasteiger partial charge in [0.25, 0.3) is 0 Å². The lowest BCUT2D eigenvalue weighted by Crippen LogP contribution is -2.50. The van der Waals surface area contributed by atoms with Crippen LogP contribution in [0.4, 0.5) is 4.79 Å². The second-order valence-electron chi connectivity index (χ2n) is 4.22. The quantitative estimate of drug-likeness (QED) is 0.714. The molecule has 0 spiro atoms. The van der Waals surface area contributed by atoms with E-state index in [9.17, 15) is 4.79 Å². The van der Waals surface area contributed by atoms with E-state index in [1.54, 1.807) is 0 Å². The number of carbonyl (C=O) groups is 1. The van der Waals surface area contributed by atoms with E-state index in [4.69, 9.17) is 10.4 Å². The molecular weight excluding hydrogens is 206 g/mol. The number of rotatable bonds is 1. The van der Waals surface area contributed by atoms with Crippen molar-refractivity contribution >= 4 is 6.09 Å². The number of carboxylic acid groups (broad SMARTS) is 1. The minimum atomic E-state index is -0.834. The molecule has 0 aromatic rings. The van der Waals surface area contributed by atoms with Gasteiger partial charge in [-0.25, -0.2) is 4.79 Å². The van der Waals surface area contributed by atoms with E-state index in [1.165, 1.54) is 4.90 Å². The smallest absolute Gasteiger partial charge is 0.407 e. The van der Waals surface area contributed by atoms with Crippen molar-refractivity contribution < 1.29 is 9.90 Å². The Hall–Kier alpha value is -1.54. The van der Waals surface area contributed by atoms with Gasteiger partial charge >= 0.3 is 6.09 Å². The Bertz CT molecular complexity index is 351. The van der Waals surface area contributed by atoms with Crippen LogP contribution < -0.4 is 0 Å². The van der Waals surface area contributed by atoms with Gasteiger partial charge in [0.15, 0.2) is 0 Å². The van der Waals surface area contributed by atoms with Gasteiger partial charge in [0, 0.05) is 37.8 Å². The molecule has 2 rings (SSSR count). The summed E-state index contributed by atoms with van der Waals surface area (Å²) in [7, 11) is 0. The first-order valence-electron chi connectivity index (χ1n) is 5.53. The molecule has 5 heteroatoms. The third kappa shape index (κ3) is 2.17. The predicted molar refractivity (Wildman–Crippen MR) is 57.9 cm³/mol. The molecule has 1 aliphatic carbocycles. The summed E-state index contributed by atoms with van der Waals surface area (Å²) >= 11 is 0. The second kappa shape index (κ2) is 4.54. The molecule has 1 aliphatic heterocycles. The fourth-order valence-corrected chi connectivity index (χ4v) is 2.33. The van der Waals surface area contributed by atoms with Crippen LogP contribution in [0, 0.1) is 11.3 Å². The van der Waals surface area contributed by atoms with Crippen molar-refractivity contribution in [2.24, 2.45) is 0 Å². The van der Waals surface area contributed by atoms with Crippen LogP contribution >= 0.6 is 0 Å². The minimum absolute atomic E-state index is 0.339. The highest BCUT2D eigenvalue weighted by Crippen LogP contribution is 2.23. The number of nitrogens with zero attached hydrogens (tertiary/aromatic N) is 3. The highest BCUT2D eigenvalue weighted by Gasteiger charge is 2.27. The van der Waals surface area contributed by atoms with E-state index in [0.717, 1.165) is 31.5 Å². The van der Waals surface area contributed by atoms with Crippen LogP contribution in [0.15, 0.2) is 11.6 Å². The molecule has 2 aliphatic rings. The van der Waals surface area contributed by atoms with Crippen LogP contribution in [-0.4, -0.2) is 53.2 Å². The molecule has 1 amide bonds. The van der Waals surface area contributed by atoms with E-state index in [0.29, 0.717) is 19.1 Å². The summed E-state index contributed by atoms with van der Waals surface area (Å²) in [6, 6.07) is 2.53. The number of hydrogen-bond donors (Lipinski definition) is 1. The zero-order valence-corrected chi connectivity index (χ0v) is 9.09. The highest BCUT2D eigenvalue weighted by molar-refractivity contribution is 5.65. The highest BCUT2D eigenvalue weighted by atomic mass is 16.4. The Balaban J connectivity index is 1.89. The molecule has 1 N–H and O–H groups in total. The second-order valence-corrected chi connectivity index (χ2v) is 4.22. The third-order valence-electron chi connectivity index (χ3n) is 3.30. The Kier molecular flexibility index (Phi) is 3.11. The maximum absolute atomic E-state index is 10.7. The molecular formula is C11H15N3O2. The molecule has 1 atom stereocenters. The van der Waals surface area contributed by atoms with Gasteiger partial charge in [0.2, 0.25) is 0 Å². The van der Waals surface area contributed by atoms with E-state index in [-0.39, 0.29) is 0 Å². The average Bonchev–Trinajstić information content (AvgIpc) is 2.77. The molecule has 0 radical (unpaired) electrons. The molecule has 0 aromatic carbocycles.